The molecule has 0 aliphatic rings. The summed E-state index contributed by atoms with van der Waals surface area (Å²) in [7, 11) is 0. The van der Waals surface area contributed by atoms with Crippen LogP contribution >= 0.6 is 22.6 Å². The van der Waals surface area contributed by atoms with E-state index in [0.717, 1.165) is 14.7 Å². The van der Waals surface area contributed by atoms with Gasteiger partial charge in [0.25, 0.3) is 5.91 Å². The van der Waals surface area contributed by atoms with Crippen LogP contribution in [0.15, 0.2) is 83.0 Å². The predicted molar refractivity (Wildman–Crippen MR) is 119 cm³/mol. The number of nitrogens with zero attached hydrogens (tertiary/aromatic N) is 2. The number of fused-ring (bicyclic) bond motifs is 1. The lowest BCUT2D eigenvalue weighted by molar-refractivity contribution is 0.0995. The highest BCUT2D eigenvalue weighted by molar-refractivity contribution is 14.1. The number of rotatable bonds is 5. The molecule has 6 nitrogen and oxygen atoms in total. The average Bonchev–Trinajstić information content (AvgIpc) is 3.06. The highest BCUT2D eigenvalue weighted by Crippen LogP contribution is 2.36. The van der Waals surface area contributed by atoms with E-state index >= 15 is 0 Å². The van der Waals surface area contributed by atoms with Crippen molar-refractivity contribution in [1.29, 1.82) is 0 Å². The fourth-order valence-electron chi connectivity index (χ4n) is 2.82. The largest absolute Gasteiger partial charge is 0.493 e. The van der Waals surface area contributed by atoms with Crippen LogP contribution in [0, 0.1) is 3.57 Å². The van der Waals surface area contributed by atoms with E-state index < -0.39 is 5.91 Å². The molecule has 0 spiro atoms. The molecule has 0 bridgehead atoms. The molecule has 1 amide bonds. The molecule has 0 aliphatic heterocycles. The third kappa shape index (κ3) is 4.45. The average molecular weight is 497 g/mol. The minimum absolute atomic E-state index is 0.122. The third-order valence-corrected chi connectivity index (χ3v) is 4.98. The summed E-state index contributed by atoms with van der Waals surface area (Å²) in [4.78, 5) is 15.2. The highest BCUT2D eigenvalue weighted by atomic mass is 127. The molecule has 0 radical (unpaired) electrons. The van der Waals surface area contributed by atoms with Crippen LogP contribution in [-0.2, 0) is 6.61 Å². The van der Waals surface area contributed by atoms with E-state index in [1.807, 2.05) is 48.5 Å². The van der Waals surface area contributed by atoms with Crippen molar-refractivity contribution < 1.29 is 14.6 Å². The Bertz CT molecular complexity index is 1190. The molecule has 29 heavy (non-hydrogen) atoms. The van der Waals surface area contributed by atoms with Gasteiger partial charge in [0.15, 0.2) is 5.69 Å². The Morgan fingerprint density at radius 3 is 2.55 bits per heavy atom. The molecule has 1 heterocycles. The van der Waals surface area contributed by atoms with Crippen LogP contribution in [0.3, 0.4) is 0 Å². The number of hydrogen-bond acceptors (Lipinski definition) is 4. The van der Waals surface area contributed by atoms with Crippen molar-refractivity contribution in [3.8, 4) is 11.6 Å². The van der Waals surface area contributed by atoms with Crippen LogP contribution in [0.5, 0.6) is 11.6 Å². The molecule has 0 unspecified atom stereocenters. The fraction of sp³-hybridized carbons (Fsp3) is 0.0455. The van der Waals surface area contributed by atoms with Crippen molar-refractivity contribution in [3.63, 3.8) is 0 Å². The summed E-state index contributed by atoms with van der Waals surface area (Å²) in [5.74, 6) is 0.0355. The number of carbonyl (C=O) groups excluding carboxylic acids is 1. The second kappa shape index (κ2) is 8.44. The smallest absolute Gasteiger partial charge is 0.295 e. The van der Waals surface area contributed by atoms with Gasteiger partial charge in [0.05, 0.1) is 5.52 Å². The number of H-pyrrole nitrogens is 1. The first-order chi connectivity index (χ1) is 14.1. The second-order valence-corrected chi connectivity index (χ2v) is 7.56. The number of aromatic amines is 1. The van der Waals surface area contributed by atoms with Gasteiger partial charge in [-0.3, -0.25) is 4.79 Å². The molecule has 1 aromatic heterocycles. The number of halogens is 1. The van der Waals surface area contributed by atoms with Crippen LogP contribution in [0.1, 0.15) is 15.9 Å². The monoisotopic (exact) mass is 497 g/mol. The van der Waals surface area contributed by atoms with E-state index in [4.69, 9.17) is 4.74 Å². The first-order valence-corrected chi connectivity index (χ1v) is 9.91. The number of hydrogen-bond donors (Lipinski definition) is 2. The number of amides is 1. The maximum absolute atomic E-state index is 12.4. The number of benzene rings is 3. The minimum atomic E-state index is -0.501. The summed E-state index contributed by atoms with van der Waals surface area (Å²) in [5.41, 5.74) is 2.42. The van der Waals surface area contributed by atoms with E-state index in [2.05, 4.69) is 37.8 Å². The molecule has 7 heteroatoms. The molecule has 0 atom stereocenters. The van der Waals surface area contributed by atoms with Gasteiger partial charge in [-0.05, 0) is 70.6 Å². The summed E-state index contributed by atoms with van der Waals surface area (Å²) in [6, 6.07) is 22.2. The SMILES string of the molecule is O=C(N=Nc1c(O)[nH]c2ccc(I)cc12)c1ccc(OCc2ccccc2)cc1. The van der Waals surface area contributed by atoms with E-state index in [1.165, 1.54) is 0 Å². The lowest BCUT2D eigenvalue weighted by atomic mass is 10.2. The number of nitrogens with one attached hydrogen (secondary N) is 1. The van der Waals surface area contributed by atoms with Gasteiger partial charge in [-0.25, -0.2) is 0 Å². The summed E-state index contributed by atoms with van der Waals surface area (Å²) in [6.07, 6.45) is 0. The van der Waals surface area contributed by atoms with Crippen LogP contribution in [0.2, 0.25) is 0 Å². The fourth-order valence-corrected chi connectivity index (χ4v) is 3.32. The van der Waals surface area contributed by atoms with Crippen molar-refractivity contribution in [3.05, 3.63) is 87.5 Å². The summed E-state index contributed by atoms with van der Waals surface area (Å²) < 4.78 is 6.71. The Kier molecular flexibility index (Phi) is 5.57. The predicted octanol–water partition coefficient (Wildman–Crippen LogP) is 5.98. The highest BCUT2D eigenvalue weighted by Gasteiger charge is 2.12. The van der Waals surface area contributed by atoms with Gasteiger partial charge in [-0.15, -0.1) is 10.2 Å². The van der Waals surface area contributed by atoms with Crippen LogP contribution < -0.4 is 4.74 Å². The zero-order valence-electron chi connectivity index (χ0n) is 15.2. The van der Waals surface area contributed by atoms with Crippen LogP contribution in [0.25, 0.3) is 10.9 Å². The van der Waals surface area contributed by atoms with Crippen molar-refractivity contribution in [2.24, 2.45) is 10.2 Å². The summed E-state index contributed by atoms with van der Waals surface area (Å²) >= 11 is 2.17. The standard InChI is InChI=1S/C22H16IN3O3/c23-16-8-11-19-18(12-16)20(22(28)24-19)25-26-21(27)15-6-9-17(10-7-15)29-13-14-4-2-1-3-5-14/h1-12,24,28H,13H2. The third-order valence-electron chi connectivity index (χ3n) is 4.30. The van der Waals surface area contributed by atoms with Gasteiger partial charge < -0.3 is 14.8 Å². The van der Waals surface area contributed by atoms with Gasteiger partial charge in [0, 0.05) is 14.5 Å². The number of carbonyl (C=O) groups is 1. The number of aromatic hydroxyl groups is 1. The Balaban J connectivity index is 1.46. The molecule has 0 saturated carbocycles. The molecule has 0 saturated heterocycles. The molecule has 144 valence electrons. The first kappa shape index (κ1) is 19.1. The van der Waals surface area contributed by atoms with Gasteiger partial charge in [-0.2, -0.15) is 0 Å². The normalized spacial score (nSPS) is 11.2. The van der Waals surface area contributed by atoms with Gasteiger partial charge in [0.1, 0.15) is 12.4 Å². The van der Waals surface area contributed by atoms with Crippen LogP contribution in [0.4, 0.5) is 5.69 Å². The molecular formula is C22H16IN3O3. The van der Waals surface area contributed by atoms with Crippen LogP contribution in [-0.4, -0.2) is 16.0 Å². The molecular weight excluding hydrogens is 481 g/mol. The van der Waals surface area contributed by atoms with E-state index in [0.29, 0.717) is 23.3 Å². The zero-order valence-corrected chi connectivity index (χ0v) is 17.3. The van der Waals surface area contributed by atoms with E-state index in [-0.39, 0.29) is 11.6 Å². The summed E-state index contributed by atoms with van der Waals surface area (Å²) in [6.45, 7) is 0.451. The Morgan fingerprint density at radius 1 is 1.03 bits per heavy atom. The lowest BCUT2D eigenvalue weighted by Gasteiger charge is -2.06. The van der Waals surface area contributed by atoms with Gasteiger partial charge in [0.2, 0.25) is 5.88 Å². The second-order valence-electron chi connectivity index (χ2n) is 6.32. The Hall–Kier alpha value is -3.20. The number of aromatic nitrogens is 1. The van der Waals surface area contributed by atoms with E-state index in [1.54, 1.807) is 24.3 Å². The lowest BCUT2D eigenvalue weighted by Crippen LogP contribution is -1.97. The Labute approximate surface area is 180 Å². The Morgan fingerprint density at radius 2 is 1.79 bits per heavy atom. The van der Waals surface area contributed by atoms with E-state index in [9.17, 15) is 9.90 Å². The van der Waals surface area contributed by atoms with Crippen molar-refractivity contribution >= 4 is 45.1 Å². The van der Waals surface area contributed by atoms with Gasteiger partial charge >= 0.3 is 0 Å². The zero-order chi connectivity index (χ0) is 20.2. The summed E-state index contributed by atoms with van der Waals surface area (Å²) in [5, 5.41) is 18.5. The molecule has 0 aliphatic carbocycles. The molecule has 3 aromatic carbocycles. The van der Waals surface area contributed by atoms with Crippen molar-refractivity contribution in [1.82, 2.24) is 4.98 Å². The van der Waals surface area contributed by atoms with Crippen molar-refractivity contribution in [2.45, 2.75) is 6.61 Å². The number of ether oxygens (including phenoxy) is 1. The molecule has 4 aromatic rings. The molecule has 2 N–H and O–H groups in total. The van der Waals surface area contributed by atoms with Gasteiger partial charge in [-0.1, -0.05) is 30.3 Å². The quantitative estimate of drug-likeness (QED) is 0.263. The first-order valence-electron chi connectivity index (χ1n) is 8.83. The minimum Gasteiger partial charge on any atom is -0.493 e. The maximum Gasteiger partial charge on any atom is 0.295 e. The molecule has 4 rings (SSSR count). The number of azo groups is 1. The topological polar surface area (TPSA) is 87.0 Å². The van der Waals surface area contributed by atoms with Crippen molar-refractivity contribution in [2.75, 3.05) is 0 Å². The maximum atomic E-state index is 12.4. The molecule has 0 fully saturated rings.